The fourth-order valence-electron chi connectivity index (χ4n) is 1.60. The Morgan fingerprint density at radius 2 is 2.13 bits per heavy atom. The van der Waals surface area contributed by atoms with Gasteiger partial charge in [0.1, 0.15) is 12.0 Å². The molecule has 3 nitrogen and oxygen atoms in total. The summed E-state index contributed by atoms with van der Waals surface area (Å²) in [5.74, 6) is 0.830. The van der Waals surface area contributed by atoms with Crippen LogP contribution in [0.15, 0.2) is 24.3 Å². The number of halogens is 1. The van der Waals surface area contributed by atoms with Gasteiger partial charge in [0.15, 0.2) is 0 Å². The van der Waals surface area contributed by atoms with Crippen LogP contribution < -0.4 is 5.32 Å². The molecular formula is C11H16ClNO2. The van der Waals surface area contributed by atoms with Crippen molar-refractivity contribution in [2.45, 2.75) is 13.2 Å². The number of aromatic hydroxyl groups is 1. The highest BCUT2D eigenvalue weighted by Crippen LogP contribution is 2.26. The second kappa shape index (κ2) is 5.35. The molecule has 0 spiro atoms. The number of ether oxygens (including phenoxy) is 1. The van der Waals surface area contributed by atoms with Gasteiger partial charge in [-0.2, -0.15) is 0 Å². The highest BCUT2D eigenvalue weighted by atomic mass is 35.5. The van der Waals surface area contributed by atoms with Crippen molar-refractivity contribution in [3.63, 3.8) is 0 Å². The first-order valence-corrected chi connectivity index (χ1v) is 4.90. The van der Waals surface area contributed by atoms with Crippen molar-refractivity contribution in [2.24, 2.45) is 5.92 Å². The molecule has 0 saturated carbocycles. The number of phenols is 1. The van der Waals surface area contributed by atoms with Gasteiger partial charge in [-0.3, -0.25) is 5.32 Å². The lowest BCUT2D eigenvalue weighted by atomic mass is 10.1. The predicted molar refractivity (Wildman–Crippen MR) is 61.2 cm³/mol. The molecule has 1 fully saturated rings. The minimum absolute atomic E-state index is 0. The van der Waals surface area contributed by atoms with E-state index in [9.17, 15) is 5.11 Å². The molecule has 1 aromatic carbocycles. The highest BCUT2D eigenvalue weighted by molar-refractivity contribution is 5.85. The van der Waals surface area contributed by atoms with E-state index < -0.39 is 0 Å². The van der Waals surface area contributed by atoms with Crippen molar-refractivity contribution in [2.75, 3.05) is 13.2 Å². The standard InChI is InChI=1S/C11H15NO2.ClH/c1-8-6-12-11(14-7-8)9-4-2-3-5-10(9)13;/h2-5,8,11-13H,6-7H2,1H3;1H. The van der Waals surface area contributed by atoms with Gasteiger partial charge in [0.2, 0.25) is 0 Å². The van der Waals surface area contributed by atoms with E-state index in [4.69, 9.17) is 4.74 Å². The number of rotatable bonds is 1. The van der Waals surface area contributed by atoms with Crippen LogP contribution in [0, 0.1) is 5.92 Å². The summed E-state index contributed by atoms with van der Waals surface area (Å²) in [6.07, 6.45) is -0.160. The van der Waals surface area contributed by atoms with Crippen LogP contribution in [0.25, 0.3) is 0 Å². The number of phenolic OH excluding ortho intramolecular Hbond substituents is 1. The third-order valence-electron chi connectivity index (χ3n) is 2.42. The van der Waals surface area contributed by atoms with Crippen LogP contribution in [0.3, 0.4) is 0 Å². The summed E-state index contributed by atoms with van der Waals surface area (Å²) in [6, 6.07) is 7.27. The molecular weight excluding hydrogens is 214 g/mol. The van der Waals surface area contributed by atoms with E-state index in [0.717, 1.165) is 18.7 Å². The van der Waals surface area contributed by atoms with Crippen LogP contribution in [0.2, 0.25) is 0 Å². The maximum absolute atomic E-state index is 9.61. The molecule has 15 heavy (non-hydrogen) atoms. The van der Waals surface area contributed by atoms with Crippen molar-refractivity contribution < 1.29 is 9.84 Å². The third-order valence-corrected chi connectivity index (χ3v) is 2.42. The fourth-order valence-corrected chi connectivity index (χ4v) is 1.60. The summed E-state index contributed by atoms with van der Waals surface area (Å²) in [6.45, 7) is 3.80. The quantitative estimate of drug-likeness (QED) is 0.775. The SMILES string of the molecule is CC1CNC(c2ccccc2O)OC1.Cl. The largest absolute Gasteiger partial charge is 0.508 e. The van der Waals surface area contributed by atoms with Crippen molar-refractivity contribution in [3.05, 3.63) is 29.8 Å². The Morgan fingerprint density at radius 1 is 1.40 bits per heavy atom. The Morgan fingerprint density at radius 3 is 2.73 bits per heavy atom. The highest BCUT2D eigenvalue weighted by Gasteiger charge is 2.21. The average Bonchev–Trinajstić information content (AvgIpc) is 2.20. The summed E-state index contributed by atoms with van der Waals surface area (Å²) < 4.78 is 5.59. The smallest absolute Gasteiger partial charge is 0.137 e. The van der Waals surface area contributed by atoms with Gasteiger partial charge < -0.3 is 9.84 Å². The number of hydrogen-bond acceptors (Lipinski definition) is 3. The van der Waals surface area contributed by atoms with Gasteiger partial charge in [-0.05, 0) is 12.0 Å². The monoisotopic (exact) mass is 229 g/mol. The first kappa shape index (κ1) is 12.3. The minimum Gasteiger partial charge on any atom is -0.508 e. The van der Waals surface area contributed by atoms with Gasteiger partial charge >= 0.3 is 0 Å². The molecule has 1 aliphatic heterocycles. The summed E-state index contributed by atoms with van der Waals surface area (Å²) in [5, 5.41) is 12.9. The maximum atomic E-state index is 9.61. The van der Waals surface area contributed by atoms with Crippen LogP contribution in [-0.2, 0) is 4.74 Å². The van der Waals surface area contributed by atoms with E-state index in [-0.39, 0.29) is 18.6 Å². The Bertz CT molecular complexity index is 311. The predicted octanol–water partition coefficient (Wildman–Crippen LogP) is 2.07. The van der Waals surface area contributed by atoms with Gasteiger partial charge in [-0.25, -0.2) is 0 Å². The van der Waals surface area contributed by atoms with Crippen molar-refractivity contribution >= 4 is 12.4 Å². The van der Waals surface area contributed by atoms with Crippen LogP contribution in [0.1, 0.15) is 18.7 Å². The molecule has 0 amide bonds. The van der Waals surface area contributed by atoms with E-state index >= 15 is 0 Å². The lowest BCUT2D eigenvalue weighted by Gasteiger charge is -2.28. The summed E-state index contributed by atoms with van der Waals surface area (Å²) in [4.78, 5) is 0. The van der Waals surface area contributed by atoms with Gasteiger partial charge in [0.05, 0.1) is 6.61 Å². The molecule has 2 unspecified atom stereocenters. The lowest BCUT2D eigenvalue weighted by Crippen LogP contribution is -2.36. The molecule has 1 aromatic rings. The molecule has 0 radical (unpaired) electrons. The summed E-state index contributed by atoms with van der Waals surface area (Å²) in [7, 11) is 0. The second-order valence-electron chi connectivity index (χ2n) is 3.79. The molecule has 0 bridgehead atoms. The lowest BCUT2D eigenvalue weighted by molar-refractivity contribution is -0.0264. The topological polar surface area (TPSA) is 41.5 Å². The van der Waals surface area contributed by atoms with Crippen LogP contribution in [0.5, 0.6) is 5.75 Å². The molecule has 4 heteroatoms. The van der Waals surface area contributed by atoms with Crippen LogP contribution >= 0.6 is 12.4 Å². The zero-order valence-corrected chi connectivity index (χ0v) is 9.46. The molecule has 0 aromatic heterocycles. The number of hydrogen-bond donors (Lipinski definition) is 2. The summed E-state index contributed by atoms with van der Waals surface area (Å²) >= 11 is 0. The Kier molecular flexibility index (Phi) is 4.39. The summed E-state index contributed by atoms with van der Waals surface area (Å²) in [5.41, 5.74) is 0.819. The number of benzene rings is 1. The van der Waals surface area contributed by atoms with Gasteiger partial charge in [-0.1, -0.05) is 25.1 Å². The number of nitrogens with one attached hydrogen (secondary N) is 1. The molecule has 1 heterocycles. The molecule has 2 rings (SSSR count). The van der Waals surface area contributed by atoms with Crippen molar-refractivity contribution in [1.29, 1.82) is 0 Å². The van der Waals surface area contributed by atoms with E-state index in [1.807, 2.05) is 18.2 Å². The fraction of sp³-hybridized carbons (Fsp3) is 0.455. The Hall–Kier alpha value is -0.770. The second-order valence-corrected chi connectivity index (χ2v) is 3.79. The molecule has 1 saturated heterocycles. The van der Waals surface area contributed by atoms with E-state index in [1.54, 1.807) is 6.07 Å². The maximum Gasteiger partial charge on any atom is 0.137 e. The molecule has 1 aliphatic rings. The van der Waals surface area contributed by atoms with Crippen molar-refractivity contribution in [3.8, 4) is 5.75 Å². The Balaban J connectivity index is 0.00000112. The first-order chi connectivity index (χ1) is 6.77. The van der Waals surface area contributed by atoms with E-state index in [1.165, 1.54) is 0 Å². The first-order valence-electron chi connectivity index (χ1n) is 4.90. The Labute approximate surface area is 95.9 Å². The van der Waals surface area contributed by atoms with E-state index in [2.05, 4.69) is 12.2 Å². The van der Waals surface area contributed by atoms with Gasteiger partial charge in [0, 0.05) is 12.1 Å². The third kappa shape index (κ3) is 2.84. The van der Waals surface area contributed by atoms with Crippen molar-refractivity contribution in [1.82, 2.24) is 5.32 Å². The normalized spacial score (nSPS) is 25.7. The number of para-hydroxylation sites is 1. The molecule has 2 N–H and O–H groups in total. The molecule has 2 atom stereocenters. The zero-order valence-electron chi connectivity index (χ0n) is 8.64. The average molecular weight is 230 g/mol. The molecule has 0 aliphatic carbocycles. The van der Waals surface area contributed by atoms with Crippen LogP contribution in [-0.4, -0.2) is 18.3 Å². The molecule has 84 valence electrons. The zero-order chi connectivity index (χ0) is 9.97. The van der Waals surface area contributed by atoms with Crippen LogP contribution in [0.4, 0.5) is 0 Å². The minimum atomic E-state index is -0.160. The van der Waals surface area contributed by atoms with Gasteiger partial charge in [0.25, 0.3) is 0 Å². The van der Waals surface area contributed by atoms with Gasteiger partial charge in [-0.15, -0.1) is 12.4 Å². The van der Waals surface area contributed by atoms with E-state index in [0.29, 0.717) is 11.7 Å².